The van der Waals surface area contributed by atoms with E-state index in [1.54, 1.807) is 13.1 Å². The summed E-state index contributed by atoms with van der Waals surface area (Å²) in [6.45, 7) is 7.40. The van der Waals surface area contributed by atoms with Gasteiger partial charge in [-0.2, -0.15) is 4.98 Å². The van der Waals surface area contributed by atoms with Crippen LogP contribution in [0.15, 0.2) is 21.9 Å². The number of hydrogen-bond donors (Lipinski definition) is 0. The molecule has 0 saturated carbocycles. The molecule has 128 valence electrons. The van der Waals surface area contributed by atoms with Gasteiger partial charge in [0.2, 0.25) is 11.8 Å². The van der Waals surface area contributed by atoms with Crippen molar-refractivity contribution in [3.05, 3.63) is 29.7 Å². The Balaban J connectivity index is 1.43. The van der Waals surface area contributed by atoms with Crippen LogP contribution < -0.4 is 0 Å². The highest BCUT2D eigenvalue weighted by Gasteiger charge is 2.22. The summed E-state index contributed by atoms with van der Waals surface area (Å²) >= 11 is 1.38. The van der Waals surface area contributed by atoms with Crippen LogP contribution in [-0.2, 0) is 11.3 Å². The summed E-state index contributed by atoms with van der Waals surface area (Å²) in [5.41, 5.74) is 0.908. The molecule has 0 spiro atoms. The van der Waals surface area contributed by atoms with Gasteiger partial charge in [-0.25, -0.2) is 9.97 Å². The van der Waals surface area contributed by atoms with Gasteiger partial charge >= 0.3 is 0 Å². The zero-order chi connectivity index (χ0) is 16.9. The number of amides is 1. The Morgan fingerprint density at radius 3 is 2.71 bits per heavy atom. The molecule has 3 rings (SSSR count). The molecule has 0 aliphatic carbocycles. The van der Waals surface area contributed by atoms with Crippen LogP contribution in [0.3, 0.4) is 0 Å². The fourth-order valence-electron chi connectivity index (χ4n) is 2.47. The minimum Gasteiger partial charge on any atom is -0.340 e. The average molecular weight is 348 g/mol. The molecule has 1 aliphatic heterocycles. The van der Waals surface area contributed by atoms with Crippen LogP contribution in [0.4, 0.5) is 0 Å². The largest absolute Gasteiger partial charge is 0.340 e. The van der Waals surface area contributed by atoms with Gasteiger partial charge in [0.1, 0.15) is 0 Å². The fourth-order valence-corrected chi connectivity index (χ4v) is 3.25. The van der Waals surface area contributed by atoms with Gasteiger partial charge in [-0.15, -0.1) is 0 Å². The van der Waals surface area contributed by atoms with Gasteiger partial charge in [0.15, 0.2) is 11.0 Å². The van der Waals surface area contributed by atoms with Gasteiger partial charge in [0, 0.05) is 45.0 Å². The van der Waals surface area contributed by atoms with E-state index in [2.05, 4.69) is 25.0 Å². The highest BCUT2D eigenvalue weighted by Crippen LogP contribution is 2.14. The number of aromatic nitrogens is 4. The summed E-state index contributed by atoms with van der Waals surface area (Å²) in [4.78, 5) is 29.1. The first-order chi connectivity index (χ1) is 11.6. The lowest BCUT2D eigenvalue weighted by atomic mass is 10.3. The Kier molecular flexibility index (Phi) is 5.41. The molecule has 0 N–H and O–H groups in total. The first-order valence-electron chi connectivity index (χ1n) is 7.82. The Labute approximate surface area is 144 Å². The third-order valence-corrected chi connectivity index (χ3v) is 4.60. The van der Waals surface area contributed by atoms with Crippen LogP contribution in [0.25, 0.3) is 0 Å². The van der Waals surface area contributed by atoms with Crippen molar-refractivity contribution < 1.29 is 9.32 Å². The first kappa shape index (κ1) is 16.8. The molecule has 3 heterocycles. The number of piperazine rings is 1. The van der Waals surface area contributed by atoms with E-state index in [1.807, 2.05) is 17.9 Å². The zero-order valence-corrected chi connectivity index (χ0v) is 14.6. The number of carbonyl (C=O) groups excluding carboxylic acids is 1. The quantitative estimate of drug-likeness (QED) is 0.582. The summed E-state index contributed by atoms with van der Waals surface area (Å²) < 4.78 is 4.98. The van der Waals surface area contributed by atoms with Crippen LogP contribution in [0.2, 0.25) is 0 Å². The second kappa shape index (κ2) is 7.71. The molecule has 9 heteroatoms. The van der Waals surface area contributed by atoms with E-state index in [0.717, 1.165) is 18.8 Å². The lowest BCUT2D eigenvalue weighted by Crippen LogP contribution is -2.48. The van der Waals surface area contributed by atoms with Gasteiger partial charge in [-0.1, -0.05) is 16.9 Å². The van der Waals surface area contributed by atoms with E-state index in [0.29, 0.717) is 42.3 Å². The third kappa shape index (κ3) is 4.51. The van der Waals surface area contributed by atoms with Crippen LogP contribution in [0, 0.1) is 13.8 Å². The minimum absolute atomic E-state index is 0.125. The normalized spacial score (nSPS) is 15.7. The average Bonchev–Trinajstić information content (AvgIpc) is 2.98. The highest BCUT2D eigenvalue weighted by atomic mass is 32.2. The summed E-state index contributed by atoms with van der Waals surface area (Å²) in [5.74, 6) is 1.77. The van der Waals surface area contributed by atoms with Gasteiger partial charge in [0.05, 0.1) is 12.3 Å². The molecular formula is C15H20N6O2S. The van der Waals surface area contributed by atoms with Crippen molar-refractivity contribution in [3.8, 4) is 0 Å². The number of carbonyl (C=O) groups is 1. The van der Waals surface area contributed by atoms with Crippen molar-refractivity contribution in [1.29, 1.82) is 0 Å². The standard InChI is InChI=1S/C15H20N6O2S/c1-11-3-4-16-15(17-11)24-10-14(22)21-7-5-20(6-8-21)9-13-18-12(2)23-19-13/h3-4H,5-10H2,1-2H3. The molecule has 8 nitrogen and oxygen atoms in total. The van der Waals surface area contributed by atoms with E-state index in [1.165, 1.54) is 11.8 Å². The topological polar surface area (TPSA) is 88.3 Å². The number of nitrogens with zero attached hydrogens (tertiary/aromatic N) is 6. The molecule has 0 aromatic carbocycles. The number of thioether (sulfide) groups is 1. The predicted octanol–water partition coefficient (Wildman–Crippen LogP) is 0.913. The van der Waals surface area contributed by atoms with Gasteiger partial charge in [-0.3, -0.25) is 9.69 Å². The van der Waals surface area contributed by atoms with Crippen LogP contribution in [0.5, 0.6) is 0 Å². The van der Waals surface area contributed by atoms with E-state index in [-0.39, 0.29) is 5.91 Å². The maximum Gasteiger partial charge on any atom is 0.233 e. The van der Waals surface area contributed by atoms with Crippen molar-refractivity contribution in [2.75, 3.05) is 31.9 Å². The maximum atomic E-state index is 12.3. The van der Waals surface area contributed by atoms with Crippen molar-refractivity contribution in [2.45, 2.75) is 25.5 Å². The van der Waals surface area contributed by atoms with Crippen LogP contribution in [0.1, 0.15) is 17.4 Å². The fraction of sp³-hybridized carbons (Fsp3) is 0.533. The van der Waals surface area contributed by atoms with E-state index >= 15 is 0 Å². The number of aryl methyl sites for hydroxylation is 2. The SMILES string of the molecule is Cc1ccnc(SCC(=O)N2CCN(Cc3noc(C)n3)CC2)n1. The maximum absolute atomic E-state index is 12.3. The second-order valence-electron chi connectivity index (χ2n) is 5.66. The van der Waals surface area contributed by atoms with Gasteiger partial charge < -0.3 is 9.42 Å². The second-order valence-corrected chi connectivity index (χ2v) is 6.60. The Bertz CT molecular complexity index is 699. The lowest BCUT2D eigenvalue weighted by Gasteiger charge is -2.34. The summed E-state index contributed by atoms with van der Waals surface area (Å²) in [7, 11) is 0. The molecule has 1 amide bonds. The summed E-state index contributed by atoms with van der Waals surface area (Å²) in [6, 6.07) is 1.84. The highest BCUT2D eigenvalue weighted by molar-refractivity contribution is 7.99. The Morgan fingerprint density at radius 2 is 2.04 bits per heavy atom. The van der Waals surface area contributed by atoms with E-state index < -0.39 is 0 Å². The zero-order valence-electron chi connectivity index (χ0n) is 13.8. The molecule has 0 radical (unpaired) electrons. The summed E-state index contributed by atoms with van der Waals surface area (Å²) in [5, 5.41) is 4.56. The molecule has 0 atom stereocenters. The lowest BCUT2D eigenvalue weighted by molar-refractivity contribution is -0.130. The van der Waals surface area contributed by atoms with E-state index in [4.69, 9.17) is 4.52 Å². The van der Waals surface area contributed by atoms with Crippen LogP contribution >= 0.6 is 11.8 Å². The van der Waals surface area contributed by atoms with Crippen molar-refractivity contribution in [1.82, 2.24) is 29.9 Å². The Morgan fingerprint density at radius 1 is 1.25 bits per heavy atom. The Hall–Kier alpha value is -2.00. The molecule has 2 aromatic heterocycles. The van der Waals surface area contributed by atoms with Crippen molar-refractivity contribution in [2.24, 2.45) is 0 Å². The molecular weight excluding hydrogens is 328 g/mol. The van der Waals surface area contributed by atoms with Gasteiger partial charge in [0.25, 0.3) is 0 Å². The van der Waals surface area contributed by atoms with Gasteiger partial charge in [-0.05, 0) is 13.0 Å². The van der Waals surface area contributed by atoms with Crippen molar-refractivity contribution >= 4 is 17.7 Å². The summed E-state index contributed by atoms with van der Waals surface area (Å²) in [6.07, 6.45) is 1.72. The molecule has 1 fully saturated rings. The van der Waals surface area contributed by atoms with Crippen molar-refractivity contribution in [3.63, 3.8) is 0 Å². The predicted molar refractivity (Wildman–Crippen MR) is 88.4 cm³/mol. The minimum atomic E-state index is 0.125. The molecule has 0 unspecified atom stereocenters. The number of rotatable bonds is 5. The molecule has 1 aliphatic rings. The molecule has 24 heavy (non-hydrogen) atoms. The van der Waals surface area contributed by atoms with E-state index in [9.17, 15) is 4.79 Å². The van der Waals surface area contributed by atoms with Crippen LogP contribution in [-0.4, -0.2) is 67.7 Å². The monoisotopic (exact) mass is 348 g/mol. The molecule has 1 saturated heterocycles. The number of hydrogen-bond acceptors (Lipinski definition) is 8. The smallest absolute Gasteiger partial charge is 0.233 e. The molecule has 2 aromatic rings. The molecule has 0 bridgehead atoms. The third-order valence-electron chi connectivity index (χ3n) is 3.76. The first-order valence-corrected chi connectivity index (χ1v) is 8.80.